The molecule has 1 heterocycles. The highest BCUT2D eigenvalue weighted by Crippen LogP contribution is 2.14. The minimum atomic E-state index is -0.194. The molecule has 0 aromatic carbocycles. The van der Waals surface area contributed by atoms with Crippen molar-refractivity contribution in [1.29, 1.82) is 0 Å². The van der Waals surface area contributed by atoms with Crippen LogP contribution in [0.1, 0.15) is 33.6 Å². The van der Waals surface area contributed by atoms with E-state index in [1.54, 1.807) is 0 Å². The van der Waals surface area contributed by atoms with Gasteiger partial charge in [-0.1, -0.05) is 20.8 Å². The third-order valence-corrected chi connectivity index (χ3v) is 1.51. The average molecular weight is 146 g/mol. The smallest absolute Gasteiger partial charge is 0.0798 e. The molecule has 2 heteroatoms. The van der Waals surface area contributed by atoms with Crippen LogP contribution in [0, 0.1) is 0 Å². The van der Waals surface area contributed by atoms with Gasteiger partial charge in [0.15, 0.2) is 0 Å². The van der Waals surface area contributed by atoms with Crippen LogP contribution in [0.3, 0.4) is 0 Å². The van der Waals surface area contributed by atoms with Crippen LogP contribution in [0.25, 0.3) is 0 Å². The zero-order chi connectivity index (χ0) is 7.98. The standard InChI is InChI=1S/C6H12O2.C2H6/c1-2-6-3-5(7)4-8-6;1-2/h5-7H,2-4H2,1H3;1-2H3. The number of aliphatic hydroxyl groups excluding tert-OH is 1. The van der Waals surface area contributed by atoms with Crippen LogP contribution in [0.2, 0.25) is 0 Å². The summed E-state index contributed by atoms with van der Waals surface area (Å²) in [7, 11) is 0. The summed E-state index contributed by atoms with van der Waals surface area (Å²) in [5.74, 6) is 0. The lowest BCUT2D eigenvalue weighted by Gasteiger charge is -2.01. The van der Waals surface area contributed by atoms with E-state index in [-0.39, 0.29) is 6.10 Å². The molecule has 0 spiro atoms. The maximum atomic E-state index is 8.91. The molecule has 0 aromatic heterocycles. The van der Waals surface area contributed by atoms with Gasteiger partial charge in [-0.2, -0.15) is 0 Å². The van der Waals surface area contributed by atoms with Crippen molar-refractivity contribution in [2.45, 2.75) is 45.8 Å². The number of rotatable bonds is 1. The summed E-state index contributed by atoms with van der Waals surface area (Å²) in [6, 6.07) is 0. The van der Waals surface area contributed by atoms with E-state index < -0.39 is 0 Å². The van der Waals surface area contributed by atoms with E-state index in [1.807, 2.05) is 13.8 Å². The van der Waals surface area contributed by atoms with Gasteiger partial charge in [-0.05, 0) is 6.42 Å². The van der Waals surface area contributed by atoms with Gasteiger partial charge in [0, 0.05) is 6.42 Å². The highest BCUT2D eigenvalue weighted by molar-refractivity contribution is 4.70. The molecule has 1 fully saturated rings. The molecule has 10 heavy (non-hydrogen) atoms. The molecule has 2 nitrogen and oxygen atoms in total. The summed E-state index contributed by atoms with van der Waals surface area (Å²) in [6.07, 6.45) is 1.98. The van der Waals surface area contributed by atoms with Gasteiger partial charge < -0.3 is 9.84 Å². The lowest BCUT2D eigenvalue weighted by Crippen LogP contribution is -2.04. The second-order valence-electron chi connectivity index (χ2n) is 2.25. The van der Waals surface area contributed by atoms with Gasteiger partial charge in [0.25, 0.3) is 0 Å². The van der Waals surface area contributed by atoms with E-state index in [9.17, 15) is 0 Å². The molecule has 0 aromatic rings. The van der Waals surface area contributed by atoms with Crippen LogP contribution >= 0.6 is 0 Å². The van der Waals surface area contributed by atoms with Gasteiger partial charge in [-0.3, -0.25) is 0 Å². The molecule has 2 atom stereocenters. The Labute approximate surface area is 63.2 Å². The Bertz CT molecular complexity index is 73.7. The van der Waals surface area contributed by atoms with Crippen LogP contribution in [-0.4, -0.2) is 23.9 Å². The van der Waals surface area contributed by atoms with Crippen molar-refractivity contribution in [2.75, 3.05) is 6.61 Å². The van der Waals surface area contributed by atoms with E-state index in [0.717, 1.165) is 12.8 Å². The second-order valence-corrected chi connectivity index (χ2v) is 2.25. The molecule has 2 unspecified atom stereocenters. The van der Waals surface area contributed by atoms with Gasteiger partial charge in [-0.15, -0.1) is 0 Å². The largest absolute Gasteiger partial charge is 0.391 e. The molecular weight excluding hydrogens is 128 g/mol. The minimum Gasteiger partial charge on any atom is -0.391 e. The fraction of sp³-hybridized carbons (Fsp3) is 1.00. The Morgan fingerprint density at radius 1 is 1.50 bits per heavy atom. The second kappa shape index (κ2) is 5.69. The molecule has 0 saturated carbocycles. The Kier molecular flexibility index (Phi) is 5.64. The van der Waals surface area contributed by atoms with Gasteiger partial charge in [0.05, 0.1) is 18.8 Å². The zero-order valence-corrected chi connectivity index (χ0v) is 7.13. The minimum absolute atomic E-state index is 0.194. The van der Waals surface area contributed by atoms with Crippen molar-refractivity contribution >= 4 is 0 Å². The molecule has 0 radical (unpaired) electrons. The zero-order valence-electron chi connectivity index (χ0n) is 7.13. The summed E-state index contributed by atoms with van der Waals surface area (Å²) in [6.45, 7) is 6.61. The maximum absolute atomic E-state index is 8.91. The first-order valence-corrected chi connectivity index (χ1v) is 4.12. The third kappa shape index (κ3) is 3.18. The Morgan fingerprint density at radius 2 is 2.10 bits per heavy atom. The lowest BCUT2D eigenvalue weighted by atomic mass is 10.2. The van der Waals surface area contributed by atoms with Gasteiger partial charge in [-0.25, -0.2) is 0 Å². The number of hydrogen-bond donors (Lipinski definition) is 1. The van der Waals surface area contributed by atoms with Crippen molar-refractivity contribution in [3.63, 3.8) is 0 Å². The van der Waals surface area contributed by atoms with Crippen LogP contribution in [0.5, 0.6) is 0 Å². The summed E-state index contributed by atoms with van der Waals surface area (Å²) in [5.41, 5.74) is 0. The molecule has 1 N–H and O–H groups in total. The molecule has 1 saturated heterocycles. The third-order valence-electron chi connectivity index (χ3n) is 1.51. The summed E-state index contributed by atoms with van der Waals surface area (Å²) >= 11 is 0. The first kappa shape index (κ1) is 9.92. The van der Waals surface area contributed by atoms with Crippen molar-refractivity contribution in [3.05, 3.63) is 0 Å². The SMILES string of the molecule is CC.CCC1CC(O)CO1. The molecule has 0 aliphatic carbocycles. The fourth-order valence-electron chi connectivity index (χ4n) is 0.971. The number of aliphatic hydroxyl groups is 1. The Morgan fingerprint density at radius 3 is 2.30 bits per heavy atom. The number of ether oxygens (including phenoxy) is 1. The monoisotopic (exact) mass is 146 g/mol. The first-order valence-electron chi connectivity index (χ1n) is 4.12. The predicted octanol–water partition coefficient (Wildman–Crippen LogP) is 1.57. The van der Waals surface area contributed by atoms with E-state index in [1.165, 1.54) is 0 Å². The quantitative estimate of drug-likeness (QED) is 0.608. The van der Waals surface area contributed by atoms with Crippen molar-refractivity contribution < 1.29 is 9.84 Å². The van der Waals surface area contributed by atoms with E-state index in [2.05, 4.69) is 6.92 Å². The molecular formula is C8H18O2. The lowest BCUT2D eigenvalue weighted by molar-refractivity contribution is 0.0869. The summed E-state index contributed by atoms with van der Waals surface area (Å²) in [5, 5.41) is 8.91. The molecule has 0 amide bonds. The molecule has 1 aliphatic heterocycles. The number of hydrogen-bond acceptors (Lipinski definition) is 2. The van der Waals surface area contributed by atoms with Crippen LogP contribution in [0.15, 0.2) is 0 Å². The van der Waals surface area contributed by atoms with Crippen molar-refractivity contribution in [1.82, 2.24) is 0 Å². The average Bonchev–Trinajstić information content (AvgIpc) is 2.40. The van der Waals surface area contributed by atoms with Gasteiger partial charge in [0.1, 0.15) is 0 Å². The molecule has 0 bridgehead atoms. The maximum Gasteiger partial charge on any atom is 0.0798 e. The first-order chi connectivity index (χ1) is 4.83. The Hall–Kier alpha value is -0.0800. The molecule has 1 aliphatic rings. The van der Waals surface area contributed by atoms with Gasteiger partial charge in [0.2, 0.25) is 0 Å². The van der Waals surface area contributed by atoms with Crippen molar-refractivity contribution in [2.24, 2.45) is 0 Å². The van der Waals surface area contributed by atoms with E-state index in [0.29, 0.717) is 12.7 Å². The van der Waals surface area contributed by atoms with E-state index >= 15 is 0 Å². The van der Waals surface area contributed by atoms with E-state index in [4.69, 9.17) is 9.84 Å². The van der Waals surface area contributed by atoms with Crippen LogP contribution < -0.4 is 0 Å². The highest BCUT2D eigenvalue weighted by Gasteiger charge is 2.20. The molecule has 1 rings (SSSR count). The predicted molar refractivity (Wildman–Crippen MR) is 42.0 cm³/mol. The fourth-order valence-corrected chi connectivity index (χ4v) is 0.971. The normalized spacial score (nSPS) is 31.2. The summed E-state index contributed by atoms with van der Waals surface area (Å²) in [4.78, 5) is 0. The van der Waals surface area contributed by atoms with Crippen molar-refractivity contribution in [3.8, 4) is 0 Å². The topological polar surface area (TPSA) is 29.5 Å². The Balaban J connectivity index is 0.000000371. The van der Waals surface area contributed by atoms with Gasteiger partial charge >= 0.3 is 0 Å². The molecule has 62 valence electrons. The summed E-state index contributed by atoms with van der Waals surface area (Å²) < 4.78 is 5.16. The van der Waals surface area contributed by atoms with Crippen LogP contribution in [0.4, 0.5) is 0 Å². The highest BCUT2D eigenvalue weighted by atomic mass is 16.5. The van der Waals surface area contributed by atoms with Crippen LogP contribution in [-0.2, 0) is 4.74 Å².